The molecule has 132 valence electrons. The van der Waals surface area contributed by atoms with Crippen molar-refractivity contribution in [2.24, 2.45) is 0 Å². The molecule has 2 atom stereocenters. The number of amides is 1. The number of piperidine rings is 1. The molecule has 0 bridgehead atoms. The van der Waals surface area contributed by atoms with Gasteiger partial charge in [-0.25, -0.2) is 0 Å². The van der Waals surface area contributed by atoms with Gasteiger partial charge in [-0.05, 0) is 55.8 Å². The van der Waals surface area contributed by atoms with Gasteiger partial charge in [-0.3, -0.25) is 14.8 Å². The first-order valence-electron chi connectivity index (χ1n) is 9.38. The van der Waals surface area contributed by atoms with Gasteiger partial charge in [0, 0.05) is 24.4 Å². The van der Waals surface area contributed by atoms with E-state index in [2.05, 4.69) is 44.7 Å². The highest BCUT2D eigenvalue weighted by molar-refractivity contribution is 5.78. The van der Waals surface area contributed by atoms with Gasteiger partial charge < -0.3 is 5.32 Å². The summed E-state index contributed by atoms with van der Waals surface area (Å²) in [5, 5.41) is 10.4. The standard InChI is InChI=1S/C20H26N4O/c25-20(22-19-9-3-6-15-5-1-2-8-17(15)19)14-24-12-4-7-16(13-24)18-10-11-21-23-18/h1-2,5,8,10-11,16,19H,3-4,6-7,9,12-14H2,(H,21,23)(H,22,25)/t16-,19+/m1/s1. The third kappa shape index (κ3) is 3.76. The van der Waals surface area contributed by atoms with Crippen LogP contribution in [0.3, 0.4) is 0 Å². The summed E-state index contributed by atoms with van der Waals surface area (Å²) in [6, 6.07) is 10.7. The Labute approximate surface area is 148 Å². The number of nitrogens with zero attached hydrogens (tertiary/aromatic N) is 2. The van der Waals surface area contributed by atoms with Crippen molar-refractivity contribution in [1.82, 2.24) is 20.4 Å². The number of likely N-dealkylation sites (tertiary alicyclic amines) is 1. The predicted molar refractivity (Wildman–Crippen MR) is 97.3 cm³/mol. The Balaban J connectivity index is 1.35. The number of fused-ring (bicyclic) bond motifs is 1. The molecule has 1 fully saturated rings. The van der Waals surface area contributed by atoms with Gasteiger partial charge in [0.05, 0.1) is 12.6 Å². The van der Waals surface area contributed by atoms with Gasteiger partial charge in [-0.15, -0.1) is 0 Å². The Morgan fingerprint density at radius 1 is 1.24 bits per heavy atom. The van der Waals surface area contributed by atoms with Crippen molar-refractivity contribution in [3.8, 4) is 0 Å². The Hall–Kier alpha value is -2.14. The number of carbonyl (C=O) groups excluding carboxylic acids is 1. The second kappa shape index (κ2) is 7.40. The number of benzene rings is 1. The topological polar surface area (TPSA) is 61.0 Å². The molecule has 2 aromatic rings. The lowest BCUT2D eigenvalue weighted by atomic mass is 9.88. The first kappa shape index (κ1) is 16.3. The molecule has 1 aromatic carbocycles. The van der Waals surface area contributed by atoms with Crippen LogP contribution in [0.1, 0.15) is 54.5 Å². The summed E-state index contributed by atoms with van der Waals surface area (Å²) in [5.41, 5.74) is 3.87. The Bertz CT molecular complexity index is 712. The van der Waals surface area contributed by atoms with E-state index in [4.69, 9.17) is 0 Å². The zero-order valence-corrected chi connectivity index (χ0v) is 14.6. The highest BCUT2D eigenvalue weighted by atomic mass is 16.2. The number of aryl methyl sites for hydroxylation is 1. The van der Waals surface area contributed by atoms with Crippen LogP contribution in [0.15, 0.2) is 36.5 Å². The van der Waals surface area contributed by atoms with Crippen molar-refractivity contribution < 1.29 is 4.79 Å². The lowest BCUT2D eigenvalue weighted by Crippen LogP contribution is -2.43. The molecule has 1 amide bonds. The highest BCUT2D eigenvalue weighted by Gasteiger charge is 2.26. The van der Waals surface area contributed by atoms with E-state index in [0.717, 1.165) is 45.2 Å². The minimum Gasteiger partial charge on any atom is -0.348 e. The van der Waals surface area contributed by atoms with Crippen LogP contribution in [0.4, 0.5) is 0 Å². The molecule has 5 heteroatoms. The summed E-state index contributed by atoms with van der Waals surface area (Å²) >= 11 is 0. The fraction of sp³-hybridized carbons (Fsp3) is 0.500. The molecule has 1 saturated heterocycles. The molecule has 0 unspecified atom stereocenters. The maximum atomic E-state index is 12.6. The minimum absolute atomic E-state index is 0.145. The zero-order chi connectivity index (χ0) is 17.1. The summed E-state index contributed by atoms with van der Waals surface area (Å²) in [7, 11) is 0. The average molecular weight is 338 g/mol. The fourth-order valence-electron chi connectivity index (χ4n) is 4.29. The molecule has 1 aromatic heterocycles. The van der Waals surface area contributed by atoms with Crippen molar-refractivity contribution >= 4 is 5.91 Å². The van der Waals surface area contributed by atoms with Crippen molar-refractivity contribution in [3.63, 3.8) is 0 Å². The van der Waals surface area contributed by atoms with Crippen LogP contribution in [-0.2, 0) is 11.2 Å². The third-order valence-electron chi connectivity index (χ3n) is 5.54. The van der Waals surface area contributed by atoms with E-state index in [1.807, 2.05) is 12.3 Å². The monoisotopic (exact) mass is 338 g/mol. The average Bonchev–Trinajstić information content (AvgIpc) is 3.17. The summed E-state index contributed by atoms with van der Waals surface area (Å²) in [6.07, 6.45) is 7.41. The molecule has 0 radical (unpaired) electrons. The van der Waals surface area contributed by atoms with Crippen LogP contribution in [0.25, 0.3) is 0 Å². The van der Waals surface area contributed by atoms with Gasteiger partial charge in [0.15, 0.2) is 0 Å². The normalized spacial score (nSPS) is 23.8. The quantitative estimate of drug-likeness (QED) is 0.901. The number of aromatic nitrogens is 2. The number of hydrogen-bond acceptors (Lipinski definition) is 3. The van der Waals surface area contributed by atoms with Gasteiger partial charge in [-0.1, -0.05) is 24.3 Å². The maximum Gasteiger partial charge on any atom is 0.234 e. The molecule has 2 heterocycles. The number of carbonyl (C=O) groups is 1. The number of rotatable bonds is 4. The smallest absolute Gasteiger partial charge is 0.234 e. The molecule has 2 aliphatic rings. The molecule has 0 spiro atoms. The molecule has 2 N–H and O–H groups in total. The largest absolute Gasteiger partial charge is 0.348 e. The van der Waals surface area contributed by atoms with E-state index in [-0.39, 0.29) is 11.9 Å². The molecule has 1 aliphatic carbocycles. The van der Waals surface area contributed by atoms with Gasteiger partial charge in [0.2, 0.25) is 5.91 Å². The summed E-state index contributed by atoms with van der Waals surface area (Å²) < 4.78 is 0. The van der Waals surface area contributed by atoms with E-state index in [1.54, 1.807) is 0 Å². The van der Waals surface area contributed by atoms with Gasteiger partial charge in [0.1, 0.15) is 0 Å². The number of nitrogens with one attached hydrogen (secondary N) is 2. The van der Waals surface area contributed by atoms with Crippen LogP contribution >= 0.6 is 0 Å². The molecule has 0 saturated carbocycles. The van der Waals surface area contributed by atoms with Crippen LogP contribution < -0.4 is 5.32 Å². The minimum atomic E-state index is 0.145. The second-order valence-corrected chi connectivity index (χ2v) is 7.30. The molecule has 4 rings (SSSR count). The molecule has 25 heavy (non-hydrogen) atoms. The lowest BCUT2D eigenvalue weighted by Gasteiger charge is -2.32. The Kier molecular flexibility index (Phi) is 4.83. The molecular weight excluding hydrogens is 312 g/mol. The van der Waals surface area contributed by atoms with Crippen LogP contribution in [-0.4, -0.2) is 40.6 Å². The summed E-state index contributed by atoms with van der Waals surface area (Å²) in [4.78, 5) is 14.9. The van der Waals surface area contributed by atoms with Gasteiger partial charge in [0.25, 0.3) is 0 Å². The Morgan fingerprint density at radius 2 is 2.16 bits per heavy atom. The fourth-order valence-corrected chi connectivity index (χ4v) is 4.29. The molecule has 1 aliphatic heterocycles. The summed E-state index contributed by atoms with van der Waals surface area (Å²) in [6.45, 7) is 2.42. The van der Waals surface area contributed by atoms with Gasteiger partial charge >= 0.3 is 0 Å². The van der Waals surface area contributed by atoms with E-state index in [1.165, 1.54) is 16.8 Å². The predicted octanol–water partition coefficient (Wildman–Crippen LogP) is 2.78. The van der Waals surface area contributed by atoms with E-state index in [0.29, 0.717) is 12.5 Å². The second-order valence-electron chi connectivity index (χ2n) is 7.30. The van der Waals surface area contributed by atoms with Crippen LogP contribution in [0.2, 0.25) is 0 Å². The Morgan fingerprint density at radius 3 is 3.04 bits per heavy atom. The first-order valence-corrected chi connectivity index (χ1v) is 9.38. The SMILES string of the molecule is O=C(CN1CCC[C@@H](c2ccn[nH]2)C1)N[C@H]1CCCc2ccccc21. The van der Waals surface area contributed by atoms with Crippen molar-refractivity contribution in [2.45, 2.75) is 44.1 Å². The molecular formula is C20H26N4O. The van der Waals surface area contributed by atoms with Crippen LogP contribution in [0, 0.1) is 0 Å². The van der Waals surface area contributed by atoms with E-state index >= 15 is 0 Å². The molecule has 5 nitrogen and oxygen atoms in total. The van der Waals surface area contributed by atoms with Crippen molar-refractivity contribution in [3.05, 3.63) is 53.3 Å². The van der Waals surface area contributed by atoms with Gasteiger partial charge in [-0.2, -0.15) is 5.10 Å². The number of H-pyrrole nitrogens is 1. The summed E-state index contributed by atoms with van der Waals surface area (Å²) in [5.74, 6) is 0.603. The van der Waals surface area contributed by atoms with Crippen molar-refractivity contribution in [2.75, 3.05) is 19.6 Å². The third-order valence-corrected chi connectivity index (χ3v) is 5.54. The maximum absolute atomic E-state index is 12.6. The number of aromatic amines is 1. The van der Waals surface area contributed by atoms with Crippen LogP contribution in [0.5, 0.6) is 0 Å². The van der Waals surface area contributed by atoms with Crippen molar-refractivity contribution in [1.29, 1.82) is 0 Å². The first-order chi connectivity index (χ1) is 12.3. The van der Waals surface area contributed by atoms with E-state index in [9.17, 15) is 4.79 Å². The van der Waals surface area contributed by atoms with E-state index < -0.39 is 0 Å². The number of hydrogen-bond donors (Lipinski definition) is 2. The zero-order valence-electron chi connectivity index (χ0n) is 14.6. The highest BCUT2D eigenvalue weighted by Crippen LogP contribution is 2.29. The lowest BCUT2D eigenvalue weighted by molar-refractivity contribution is -0.123.